The lowest BCUT2D eigenvalue weighted by Crippen LogP contribution is -2.38. The van der Waals surface area contributed by atoms with Crippen LogP contribution in [0, 0.1) is 0 Å². The van der Waals surface area contributed by atoms with Crippen LogP contribution in [0.3, 0.4) is 0 Å². The number of hydrogen-bond donors (Lipinski definition) is 1. The number of carbonyl (C=O) groups excluding carboxylic acids is 2. The third-order valence-electron chi connectivity index (χ3n) is 2.02. The zero-order valence-electron chi connectivity index (χ0n) is 10.4. The maximum atomic E-state index is 11.3. The van der Waals surface area contributed by atoms with Gasteiger partial charge in [0.1, 0.15) is 5.78 Å². The molecule has 94 valence electrons. The lowest BCUT2D eigenvalue weighted by molar-refractivity contribution is -0.123. The first-order valence-electron chi connectivity index (χ1n) is 5.56. The molecule has 0 aromatic rings. The Bertz CT molecular complexity index is 219. The van der Waals surface area contributed by atoms with E-state index in [1.165, 1.54) is 0 Å². The molecule has 0 rings (SSSR count). The summed E-state index contributed by atoms with van der Waals surface area (Å²) >= 11 is 0. The maximum Gasteiger partial charge on any atom is 0.234 e. The van der Waals surface area contributed by atoms with Crippen molar-refractivity contribution in [3.05, 3.63) is 0 Å². The van der Waals surface area contributed by atoms with Crippen LogP contribution in [0.5, 0.6) is 0 Å². The Balaban J connectivity index is 3.65. The minimum Gasteiger partial charge on any atom is -0.383 e. The fourth-order valence-electron chi connectivity index (χ4n) is 1.31. The fraction of sp³-hybridized carbons (Fsp3) is 0.818. The number of amides is 1. The first-order chi connectivity index (χ1) is 7.60. The van der Waals surface area contributed by atoms with Crippen LogP contribution in [0.25, 0.3) is 0 Å². The van der Waals surface area contributed by atoms with Crippen LogP contribution in [-0.2, 0) is 14.3 Å². The van der Waals surface area contributed by atoms with Crippen molar-refractivity contribution in [2.24, 2.45) is 0 Å². The molecule has 0 aromatic heterocycles. The first kappa shape index (κ1) is 15.1. The average Bonchev–Trinajstić information content (AvgIpc) is 2.17. The van der Waals surface area contributed by atoms with Crippen LogP contribution in [0.1, 0.15) is 19.8 Å². The number of Topliss-reactive ketones (excluding diaryl/α,β-unsaturated/α-hetero) is 1. The normalized spacial score (nSPS) is 10.5. The van der Waals surface area contributed by atoms with Gasteiger partial charge in [-0.2, -0.15) is 0 Å². The van der Waals surface area contributed by atoms with E-state index in [1.54, 1.807) is 19.1 Å². The zero-order chi connectivity index (χ0) is 12.4. The molecule has 0 aliphatic heterocycles. The van der Waals surface area contributed by atoms with Crippen molar-refractivity contribution >= 4 is 11.7 Å². The van der Waals surface area contributed by atoms with E-state index in [2.05, 4.69) is 5.32 Å². The van der Waals surface area contributed by atoms with Gasteiger partial charge in [-0.1, -0.05) is 6.92 Å². The van der Waals surface area contributed by atoms with Crippen LogP contribution in [0.2, 0.25) is 0 Å². The third-order valence-corrected chi connectivity index (χ3v) is 2.02. The lowest BCUT2D eigenvalue weighted by atomic mass is 10.2. The molecule has 5 nitrogen and oxygen atoms in total. The van der Waals surface area contributed by atoms with Gasteiger partial charge in [0.2, 0.25) is 5.91 Å². The van der Waals surface area contributed by atoms with Gasteiger partial charge in [0, 0.05) is 20.1 Å². The molecule has 1 amide bonds. The number of likely N-dealkylation sites (N-methyl/N-ethyl adjacent to an activating group) is 1. The zero-order valence-corrected chi connectivity index (χ0v) is 10.4. The Kier molecular flexibility index (Phi) is 8.75. The van der Waals surface area contributed by atoms with Crippen LogP contribution in [-0.4, -0.2) is 57.0 Å². The highest BCUT2D eigenvalue weighted by molar-refractivity contribution is 5.82. The molecule has 0 saturated heterocycles. The molecule has 5 heteroatoms. The molecule has 0 aliphatic carbocycles. The van der Waals surface area contributed by atoms with E-state index < -0.39 is 0 Å². The van der Waals surface area contributed by atoms with Gasteiger partial charge in [-0.05, 0) is 13.5 Å². The number of rotatable bonds is 9. The van der Waals surface area contributed by atoms with Gasteiger partial charge in [0.25, 0.3) is 0 Å². The van der Waals surface area contributed by atoms with Crippen molar-refractivity contribution in [2.45, 2.75) is 19.8 Å². The van der Waals surface area contributed by atoms with E-state index in [4.69, 9.17) is 4.74 Å². The first-order valence-corrected chi connectivity index (χ1v) is 5.56. The van der Waals surface area contributed by atoms with Gasteiger partial charge < -0.3 is 10.1 Å². The summed E-state index contributed by atoms with van der Waals surface area (Å²) in [5.74, 6) is 0.0959. The molecule has 0 atom stereocenters. The predicted octanol–water partition coefficient (Wildman–Crippen LogP) is 0.0500. The predicted molar refractivity (Wildman–Crippen MR) is 62.3 cm³/mol. The molecular weight excluding hydrogens is 208 g/mol. The van der Waals surface area contributed by atoms with Crippen molar-refractivity contribution in [3.63, 3.8) is 0 Å². The monoisotopic (exact) mass is 230 g/mol. The van der Waals surface area contributed by atoms with E-state index in [-0.39, 0.29) is 18.2 Å². The van der Waals surface area contributed by atoms with Crippen LogP contribution >= 0.6 is 0 Å². The smallest absolute Gasteiger partial charge is 0.234 e. The summed E-state index contributed by atoms with van der Waals surface area (Å²) in [6.45, 7) is 3.57. The van der Waals surface area contributed by atoms with Crippen LogP contribution in [0.15, 0.2) is 0 Å². The molecule has 0 radical (unpaired) electrons. The summed E-state index contributed by atoms with van der Waals surface area (Å²) in [5, 5.41) is 2.70. The molecule has 0 spiro atoms. The van der Waals surface area contributed by atoms with E-state index >= 15 is 0 Å². The van der Waals surface area contributed by atoms with E-state index in [9.17, 15) is 9.59 Å². The van der Waals surface area contributed by atoms with Crippen molar-refractivity contribution < 1.29 is 14.3 Å². The number of ether oxygens (including phenoxy) is 1. The topological polar surface area (TPSA) is 58.6 Å². The third kappa shape index (κ3) is 8.38. The molecule has 16 heavy (non-hydrogen) atoms. The number of nitrogens with zero attached hydrogens (tertiary/aromatic N) is 1. The second-order valence-electron chi connectivity index (χ2n) is 3.80. The van der Waals surface area contributed by atoms with Gasteiger partial charge >= 0.3 is 0 Å². The van der Waals surface area contributed by atoms with Crippen molar-refractivity contribution in [1.82, 2.24) is 10.2 Å². The molecule has 0 heterocycles. The number of ketones is 1. The second-order valence-corrected chi connectivity index (χ2v) is 3.80. The summed E-state index contributed by atoms with van der Waals surface area (Å²) in [7, 11) is 3.35. The van der Waals surface area contributed by atoms with Crippen molar-refractivity contribution in [1.29, 1.82) is 0 Å². The van der Waals surface area contributed by atoms with E-state index in [1.807, 2.05) is 6.92 Å². The Hall–Kier alpha value is -0.940. The van der Waals surface area contributed by atoms with Gasteiger partial charge in [0.05, 0.1) is 19.7 Å². The molecule has 0 aromatic carbocycles. The quantitative estimate of drug-likeness (QED) is 0.569. The molecule has 0 unspecified atom stereocenters. The van der Waals surface area contributed by atoms with Crippen LogP contribution in [0.4, 0.5) is 0 Å². The lowest BCUT2D eigenvalue weighted by Gasteiger charge is -2.15. The summed E-state index contributed by atoms with van der Waals surface area (Å²) < 4.78 is 4.81. The summed E-state index contributed by atoms with van der Waals surface area (Å²) in [4.78, 5) is 24.4. The fourth-order valence-corrected chi connectivity index (χ4v) is 1.31. The Labute approximate surface area is 97.1 Å². The number of carbonyl (C=O) groups is 2. The summed E-state index contributed by atoms with van der Waals surface area (Å²) in [5.41, 5.74) is 0. The second kappa shape index (κ2) is 9.30. The number of nitrogens with one attached hydrogen (secondary N) is 1. The highest BCUT2D eigenvalue weighted by atomic mass is 16.5. The molecule has 0 bridgehead atoms. The SMILES string of the molecule is CCCC(=O)CN(C)CC(=O)NCCOC. The van der Waals surface area contributed by atoms with E-state index in [0.29, 0.717) is 26.1 Å². The Morgan fingerprint density at radius 1 is 1.31 bits per heavy atom. The van der Waals surface area contributed by atoms with Crippen molar-refractivity contribution in [2.75, 3.05) is 40.4 Å². The Morgan fingerprint density at radius 2 is 2.00 bits per heavy atom. The molecule has 0 fully saturated rings. The molecule has 1 N–H and O–H groups in total. The largest absolute Gasteiger partial charge is 0.383 e. The minimum absolute atomic E-state index is 0.0798. The number of methoxy groups -OCH3 is 1. The highest BCUT2D eigenvalue weighted by Crippen LogP contribution is 1.92. The Morgan fingerprint density at radius 3 is 2.56 bits per heavy atom. The van der Waals surface area contributed by atoms with E-state index in [0.717, 1.165) is 6.42 Å². The maximum absolute atomic E-state index is 11.3. The molecular formula is C11H22N2O3. The summed E-state index contributed by atoms with van der Waals surface area (Å²) in [6, 6.07) is 0. The minimum atomic E-state index is -0.0798. The van der Waals surface area contributed by atoms with Gasteiger partial charge in [-0.3, -0.25) is 14.5 Å². The molecule has 0 saturated carbocycles. The van der Waals surface area contributed by atoms with Gasteiger partial charge in [-0.25, -0.2) is 0 Å². The van der Waals surface area contributed by atoms with Gasteiger partial charge in [0.15, 0.2) is 0 Å². The molecule has 0 aliphatic rings. The number of hydrogen-bond acceptors (Lipinski definition) is 4. The van der Waals surface area contributed by atoms with Crippen molar-refractivity contribution in [3.8, 4) is 0 Å². The van der Waals surface area contributed by atoms with Crippen LogP contribution < -0.4 is 5.32 Å². The average molecular weight is 230 g/mol. The van der Waals surface area contributed by atoms with Gasteiger partial charge in [-0.15, -0.1) is 0 Å². The standard InChI is InChI=1S/C11H22N2O3/c1-4-5-10(14)8-13(2)9-11(15)12-6-7-16-3/h4-9H2,1-3H3,(H,12,15). The summed E-state index contributed by atoms with van der Waals surface area (Å²) in [6.07, 6.45) is 1.43. The highest BCUT2D eigenvalue weighted by Gasteiger charge is 2.09.